The minimum atomic E-state index is 0.235. The monoisotopic (exact) mass is 245 g/mol. The van der Waals surface area contributed by atoms with Crippen molar-refractivity contribution in [3.63, 3.8) is 0 Å². The van der Waals surface area contributed by atoms with E-state index in [9.17, 15) is 0 Å². The molecule has 0 heterocycles. The van der Waals surface area contributed by atoms with Gasteiger partial charge in [-0.05, 0) is 35.8 Å². The van der Waals surface area contributed by atoms with Gasteiger partial charge in [-0.15, -0.1) is 0 Å². The topological polar surface area (TPSA) is 26.0 Å². The summed E-state index contributed by atoms with van der Waals surface area (Å²) in [7, 11) is 0. The molecule has 18 heavy (non-hydrogen) atoms. The lowest BCUT2D eigenvalue weighted by Gasteiger charge is -2.17. The van der Waals surface area contributed by atoms with Gasteiger partial charge >= 0.3 is 0 Å². The van der Waals surface area contributed by atoms with Crippen molar-refractivity contribution in [2.45, 2.75) is 64.3 Å². The second-order valence-electron chi connectivity index (χ2n) is 5.97. The molecule has 0 saturated heterocycles. The molecule has 2 atom stereocenters. The molecule has 1 aromatic rings. The van der Waals surface area contributed by atoms with Crippen LogP contribution in [0.3, 0.4) is 0 Å². The lowest BCUT2D eigenvalue weighted by molar-refractivity contribution is 0.451. The van der Waals surface area contributed by atoms with Crippen LogP contribution in [-0.2, 0) is 0 Å². The molecule has 1 fully saturated rings. The van der Waals surface area contributed by atoms with Gasteiger partial charge in [0.25, 0.3) is 0 Å². The van der Waals surface area contributed by atoms with Gasteiger partial charge in [0.1, 0.15) is 0 Å². The van der Waals surface area contributed by atoms with E-state index in [0.717, 1.165) is 5.92 Å². The summed E-state index contributed by atoms with van der Waals surface area (Å²) in [6, 6.07) is 9.23. The summed E-state index contributed by atoms with van der Waals surface area (Å²) in [4.78, 5) is 0. The Morgan fingerprint density at radius 3 is 2.22 bits per heavy atom. The number of hydrogen-bond donors (Lipinski definition) is 1. The molecule has 1 aromatic carbocycles. The molecule has 0 aromatic heterocycles. The van der Waals surface area contributed by atoms with Crippen molar-refractivity contribution in [3.8, 4) is 0 Å². The molecule has 100 valence electrons. The Labute approximate surface area is 112 Å². The van der Waals surface area contributed by atoms with Crippen molar-refractivity contribution in [2.75, 3.05) is 0 Å². The van der Waals surface area contributed by atoms with Crippen molar-refractivity contribution in [3.05, 3.63) is 35.4 Å². The minimum absolute atomic E-state index is 0.235. The van der Waals surface area contributed by atoms with E-state index >= 15 is 0 Å². The van der Waals surface area contributed by atoms with Crippen LogP contribution < -0.4 is 5.73 Å². The molecule has 1 nitrogen and oxygen atoms in total. The summed E-state index contributed by atoms with van der Waals surface area (Å²) in [5.41, 5.74) is 9.09. The third-order valence-corrected chi connectivity index (χ3v) is 4.61. The first-order valence-corrected chi connectivity index (χ1v) is 7.56. The van der Waals surface area contributed by atoms with Gasteiger partial charge in [-0.2, -0.15) is 0 Å². The van der Waals surface area contributed by atoms with E-state index in [1.165, 1.54) is 49.7 Å². The quantitative estimate of drug-likeness (QED) is 0.793. The molecule has 0 bridgehead atoms. The summed E-state index contributed by atoms with van der Waals surface area (Å²) in [6.45, 7) is 4.53. The summed E-state index contributed by atoms with van der Waals surface area (Å²) in [6.07, 6.45) is 7.96. The van der Waals surface area contributed by atoms with Gasteiger partial charge in [0.2, 0.25) is 0 Å². The van der Waals surface area contributed by atoms with E-state index in [0.29, 0.717) is 5.92 Å². The SMILES string of the molecule is CCC(C)c1ccc(C(N)CC2CCCC2)cc1. The Morgan fingerprint density at radius 2 is 1.67 bits per heavy atom. The molecular formula is C17H27N. The lowest BCUT2D eigenvalue weighted by Crippen LogP contribution is -2.14. The highest BCUT2D eigenvalue weighted by Gasteiger charge is 2.19. The van der Waals surface area contributed by atoms with Crippen LogP contribution in [0, 0.1) is 5.92 Å². The van der Waals surface area contributed by atoms with Crippen LogP contribution in [0.15, 0.2) is 24.3 Å². The number of benzene rings is 1. The maximum atomic E-state index is 6.33. The van der Waals surface area contributed by atoms with Crippen LogP contribution in [-0.4, -0.2) is 0 Å². The molecule has 1 saturated carbocycles. The smallest absolute Gasteiger partial charge is 0.0297 e. The molecule has 0 spiro atoms. The highest BCUT2D eigenvalue weighted by molar-refractivity contribution is 5.27. The molecule has 0 amide bonds. The fraction of sp³-hybridized carbons (Fsp3) is 0.647. The number of hydrogen-bond acceptors (Lipinski definition) is 1. The highest BCUT2D eigenvalue weighted by atomic mass is 14.6. The van der Waals surface area contributed by atoms with Gasteiger partial charge in [0, 0.05) is 6.04 Å². The molecule has 1 aliphatic rings. The normalized spacial score (nSPS) is 19.9. The number of nitrogens with two attached hydrogens (primary N) is 1. The van der Waals surface area contributed by atoms with Crippen molar-refractivity contribution in [1.82, 2.24) is 0 Å². The number of rotatable bonds is 5. The zero-order chi connectivity index (χ0) is 13.0. The molecule has 0 radical (unpaired) electrons. The standard InChI is InChI=1S/C17H27N/c1-3-13(2)15-8-10-16(11-9-15)17(18)12-14-6-4-5-7-14/h8-11,13-14,17H,3-7,12,18H2,1-2H3. The molecule has 1 aliphatic carbocycles. The van der Waals surface area contributed by atoms with E-state index in [-0.39, 0.29) is 6.04 Å². The first kappa shape index (κ1) is 13.6. The van der Waals surface area contributed by atoms with Crippen LogP contribution in [0.2, 0.25) is 0 Å². The Kier molecular flexibility index (Phi) is 4.82. The lowest BCUT2D eigenvalue weighted by atomic mass is 9.92. The first-order chi connectivity index (χ1) is 8.70. The van der Waals surface area contributed by atoms with Crippen LogP contribution in [0.25, 0.3) is 0 Å². The van der Waals surface area contributed by atoms with E-state index in [2.05, 4.69) is 38.1 Å². The van der Waals surface area contributed by atoms with Gasteiger partial charge in [0.05, 0.1) is 0 Å². The molecule has 0 aliphatic heterocycles. The summed E-state index contributed by atoms with van der Waals surface area (Å²) in [5, 5.41) is 0. The van der Waals surface area contributed by atoms with E-state index in [1.54, 1.807) is 0 Å². The highest BCUT2D eigenvalue weighted by Crippen LogP contribution is 2.32. The van der Waals surface area contributed by atoms with Crippen LogP contribution in [0.4, 0.5) is 0 Å². The fourth-order valence-corrected chi connectivity index (χ4v) is 3.05. The second-order valence-corrected chi connectivity index (χ2v) is 5.97. The Balaban J connectivity index is 1.95. The molecule has 1 heteroatoms. The predicted molar refractivity (Wildman–Crippen MR) is 78.7 cm³/mol. The third kappa shape index (κ3) is 3.35. The van der Waals surface area contributed by atoms with Gasteiger partial charge < -0.3 is 5.73 Å². The minimum Gasteiger partial charge on any atom is -0.324 e. The Bertz CT molecular complexity index is 348. The fourth-order valence-electron chi connectivity index (χ4n) is 3.05. The second kappa shape index (κ2) is 6.38. The summed E-state index contributed by atoms with van der Waals surface area (Å²) >= 11 is 0. The first-order valence-electron chi connectivity index (χ1n) is 7.56. The van der Waals surface area contributed by atoms with Crippen LogP contribution >= 0.6 is 0 Å². The average Bonchev–Trinajstić information content (AvgIpc) is 2.91. The zero-order valence-corrected chi connectivity index (χ0v) is 11.9. The van der Waals surface area contributed by atoms with Crippen LogP contribution in [0.1, 0.15) is 75.5 Å². The van der Waals surface area contributed by atoms with E-state index in [4.69, 9.17) is 5.73 Å². The van der Waals surface area contributed by atoms with Gasteiger partial charge in [0.15, 0.2) is 0 Å². The average molecular weight is 245 g/mol. The predicted octanol–water partition coefficient (Wildman–Crippen LogP) is 4.78. The zero-order valence-electron chi connectivity index (χ0n) is 11.9. The molecule has 2 N–H and O–H groups in total. The van der Waals surface area contributed by atoms with Crippen molar-refractivity contribution < 1.29 is 0 Å². The Hall–Kier alpha value is -0.820. The largest absolute Gasteiger partial charge is 0.324 e. The van der Waals surface area contributed by atoms with E-state index < -0.39 is 0 Å². The molecule has 2 unspecified atom stereocenters. The maximum Gasteiger partial charge on any atom is 0.0297 e. The van der Waals surface area contributed by atoms with Gasteiger partial charge in [-0.3, -0.25) is 0 Å². The van der Waals surface area contributed by atoms with Gasteiger partial charge in [-0.1, -0.05) is 63.8 Å². The van der Waals surface area contributed by atoms with Crippen molar-refractivity contribution in [2.24, 2.45) is 11.7 Å². The summed E-state index contributed by atoms with van der Waals surface area (Å²) in [5.74, 6) is 1.53. The molecular weight excluding hydrogens is 218 g/mol. The van der Waals surface area contributed by atoms with E-state index in [1.807, 2.05) is 0 Å². The maximum absolute atomic E-state index is 6.33. The summed E-state index contributed by atoms with van der Waals surface area (Å²) < 4.78 is 0. The van der Waals surface area contributed by atoms with Crippen LogP contribution in [0.5, 0.6) is 0 Å². The molecule has 2 rings (SSSR count). The van der Waals surface area contributed by atoms with Crippen molar-refractivity contribution in [1.29, 1.82) is 0 Å². The van der Waals surface area contributed by atoms with Crippen molar-refractivity contribution >= 4 is 0 Å². The Morgan fingerprint density at radius 1 is 1.11 bits per heavy atom. The van der Waals surface area contributed by atoms with Gasteiger partial charge in [-0.25, -0.2) is 0 Å². The third-order valence-electron chi connectivity index (χ3n) is 4.61.